The minimum Gasteiger partial charge on any atom is -0.493 e. The second-order valence-electron chi connectivity index (χ2n) is 7.96. The second kappa shape index (κ2) is 9.57. The Hall–Kier alpha value is -2.57. The third-order valence-electron chi connectivity index (χ3n) is 4.52. The normalized spacial score (nSPS) is 15.1. The Morgan fingerprint density at radius 1 is 1.21 bits per heavy atom. The number of esters is 1. The van der Waals surface area contributed by atoms with Gasteiger partial charge in [0.15, 0.2) is 6.29 Å². The highest BCUT2D eigenvalue weighted by atomic mass is 16.6. The van der Waals surface area contributed by atoms with E-state index in [2.05, 4.69) is 4.74 Å². The van der Waals surface area contributed by atoms with Crippen LogP contribution >= 0.6 is 0 Å². The van der Waals surface area contributed by atoms with Crippen LogP contribution in [-0.4, -0.2) is 55.7 Å². The zero-order valence-electron chi connectivity index (χ0n) is 17.0. The van der Waals surface area contributed by atoms with E-state index in [9.17, 15) is 14.4 Å². The van der Waals surface area contributed by atoms with E-state index >= 15 is 0 Å². The lowest BCUT2D eigenvalue weighted by atomic mass is 9.98. The van der Waals surface area contributed by atoms with Gasteiger partial charge in [-0.25, -0.2) is 4.79 Å². The average Bonchev–Trinajstić information content (AvgIpc) is 2.65. The number of aldehydes is 1. The lowest BCUT2D eigenvalue weighted by molar-refractivity contribution is -0.139. The van der Waals surface area contributed by atoms with Gasteiger partial charge in [-0.15, -0.1) is 0 Å². The molecule has 0 unspecified atom stereocenters. The largest absolute Gasteiger partial charge is 0.493 e. The van der Waals surface area contributed by atoms with Gasteiger partial charge in [-0.1, -0.05) is 6.07 Å². The maximum absolute atomic E-state index is 12.1. The van der Waals surface area contributed by atoms with Crippen molar-refractivity contribution in [3.63, 3.8) is 0 Å². The van der Waals surface area contributed by atoms with Gasteiger partial charge >= 0.3 is 12.1 Å². The number of methoxy groups -OCH3 is 1. The van der Waals surface area contributed by atoms with Crippen molar-refractivity contribution in [2.75, 3.05) is 26.8 Å². The summed E-state index contributed by atoms with van der Waals surface area (Å²) in [6, 6.07) is 5.10. The van der Waals surface area contributed by atoms with Gasteiger partial charge in [-0.05, 0) is 57.2 Å². The van der Waals surface area contributed by atoms with Crippen molar-refractivity contribution >= 4 is 18.3 Å². The van der Waals surface area contributed by atoms with Gasteiger partial charge in [0, 0.05) is 13.1 Å². The third-order valence-corrected chi connectivity index (χ3v) is 4.52. The molecular weight excluding hydrogens is 362 g/mol. The fourth-order valence-electron chi connectivity index (χ4n) is 2.99. The summed E-state index contributed by atoms with van der Waals surface area (Å²) in [5.74, 6) is 0.438. The van der Waals surface area contributed by atoms with E-state index in [0.29, 0.717) is 42.5 Å². The molecule has 0 radical (unpaired) electrons. The number of carbonyl (C=O) groups excluding carboxylic acids is 3. The van der Waals surface area contributed by atoms with Crippen LogP contribution < -0.4 is 4.74 Å². The molecule has 1 saturated heterocycles. The van der Waals surface area contributed by atoms with Gasteiger partial charge < -0.3 is 19.1 Å². The molecule has 0 atom stereocenters. The highest BCUT2D eigenvalue weighted by Crippen LogP contribution is 2.24. The number of likely N-dealkylation sites (tertiary alicyclic amines) is 1. The zero-order chi connectivity index (χ0) is 20.7. The number of amides is 1. The van der Waals surface area contributed by atoms with Crippen LogP contribution in [0, 0.1) is 5.92 Å². The van der Waals surface area contributed by atoms with Gasteiger partial charge in [0.05, 0.1) is 25.7 Å². The molecule has 0 bridgehead atoms. The molecule has 1 aliphatic heterocycles. The topological polar surface area (TPSA) is 82.1 Å². The lowest BCUT2D eigenvalue weighted by Gasteiger charge is -2.33. The highest BCUT2D eigenvalue weighted by molar-refractivity contribution is 5.81. The average molecular weight is 391 g/mol. The van der Waals surface area contributed by atoms with E-state index in [1.54, 1.807) is 23.1 Å². The van der Waals surface area contributed by atoms with Crippen molar-refractivity contribution < 1.29 is 28.6 Å². The summed E-state index contributed by atoms with van der Waals surface area (Å²) in [5.41, 5.74) is 0.613. The standard InChI is InChI=1S/C21H29NO6/c1-21(2,3)28-20(25)22-9-7-15(8-10-22)14-27-18-6-5-16(11-17(18)13-23)12-19(24)26-4/h5-6,11,13,15H,7-10,12,14H2,1-4H3. The molecule has 1 heterocycles. The smallest absolute Gasteiger partial charge is 0.410 e. The Labute approximate surface area is 165 Å². The summed E-state index contributed by atoms with van der Waals surface area (Å²) in [5, 5.41) is 0. The maximum atomic E-state index is 12.1. The molecule has 1 aromatic rings. The highest BCUT2D eigenvalue weighted by Gasteiger charge is 2.27. The molecule has 7 heteroatoms. The van der Waals surface area contributed by atoms with Crippen LogP contribution in [0.5, 0.6) is 5.75 Å². The number of ether oxygens (including phenoxy) is 3. The van der Waals surface area contributed by atoms with Crippen LogP contribution in [0.4, 0.5) is 4.79 Å². The van der Waals surface area contributed by atoms with Crippen LogP contribution in [-0.2, 0) is 20.7 Å². The first kappa shape index (κ1) is 21.7. The summed E-state index contributed by atoms with van der Waals surface area (Å²) in [4.78, 5) is 36.6. The number of nitrogens with zero attached hydrogens (tertiary/aromatic N) is 1. The lowest BCUT2D eigenvalue weighted by Crippen LogP contribution is -2.42. The third kappa shape index (κ3) is 6.55. The van der Waals surface area contributed by atoms with E-state index in [-0.39, 0.29) is 18.5 Å². The van der Waals surface area contributed by atoms with Gasteiger partial charge in [0.25, 0.3) is 0 Å². The molecule has 0 N–H and O–H groups in total. The van der Waals surface area contributed by atoms with Gasteiger partial charge in [0.1, 0.15) is 11.4 Å². The minimum atomic E-state index is -0.498. The first-order chi connectivity index (χ1) is 13.2. The molecule has 28 heavy (non-hydrogen) atoms. The van der Waals surface area contributed by atoms with Crippen LogP contribution in [0.1, 0.15) is 49.5 Å². The van der Waals surface area contributed by atoms with Gasteiger partial charge in [-0.2, -0.15) is 0 Å². The summed E-state index contributed by atoms with van der Waals surface area (Å²) in [6.45, 7) is 7.29. The van der Waals surface area contributed by atoms with Crippen molar-refractivity contribution in [3.05, 3.63) is 29.3 Å². The molecule has 7 nitrogen and oxygen atoms in total. The summed E-state index contributed by atoms with van der Waals surface area (Å²) >= 11 is 0. The molecule has 0 spiro atoms. The number of rotatable bonds is 6. The van der Waals surface area contributed by atoms with Crippen LogP contribution in [0.15, 0.2) is 18.2 Å². The molecule has 1 aromatic carbocycles. The van der Waals surface area contributed by atoms with E-state index < -0.39 is 5.60 Å². The van der Waals surface area contributed by atoms with E-state index in [1.807, 2.05) is 20.8 Å². The Bertz CT molecular complexity index is 701. The molecule has 0 saturated carbocycles. The Morgan fingerprint density at radius 3 is 2.46 bits per heavy atom. The van der Waals surface area contributed by atoms with Gasteiger partial charge in [-0.3, -0.25) is 9.59 Å². The molecular formula is C21H29NO6. The van der Waals surface area contributed by atoms with Gasteiger partial charge in [0.2, 0.25) is 0 Å². The number of piperidine rings is 1. The number of carbonyl (C=O) groups is 3. The summed E-state index contributed by atoms with van der Waals surface area (Å²) < 4.78 is 15.9. The second-order valence-corrected chi connectivity index (χ2v) is 7.96. The first-order valence-corrected chi connectivity index (χ1v) is 9.47. The molecule has 1 amide bonds. The minimum absolute atomic E-state index is 0.112. The van der Waals surface area contributed by atoms with E-state index in [1.165, 1.54) is 7.11 Å². The summed E-state index contributed by atoms with van der Waals surface area (Å²) in [7, 11) is 1.33. The summed E-state index contributed by atoms with van der Waals surface area (Å²) in [6.07, 6.45) is 2.19. The first-order valence-electron chi connectivity index (χ1n) is 9.47. The zero-order valence-corrected chi connectivity index (χ0v) is 17.0. The molecule has 1 aliphatic rings. The predicted octanol–water partition coefficient (Wildman–Crippen LogP) is 3.24. The number of benzene rings is 1. The fraction of sp³-hybridized carbons (Fsp3) is 0.571. The molecule has 1 fully saturated rings. The van der Waals surface area contributed by atoms with Crippen LogP contribution in [0.25, 0.3) is 0 Å². The Morgan fingerprint density at radius 2 is 1.89 bits per heavy atom. The monoisotopic (exact) mass is 391 g/mol. The van der Waals surface area contributed by atoms with Crippen molar-refractivity contribution in [2.24, 2.45) is 5.92 Å². The predicted molar refractivity (Wildman–Crippen MR) is 104 cm³/mol. The number of hydrogen-bond donors (Lipinski definition) is 0. The quantitative estimate of drug-likeness (QED) is 0.547. The van der Waals surface area contributed by atoms with E-state index in [4.69, 9.17) is 9.47 Å². The Balaban J connectivity index is 1.85. The van der Waals surface area contributed by atoms with Crippen molar-refractivity contribution in [1.29, 1.82) is 0 Å². The molecule has 154 valence electrons. The van der Waals surface area contributed by atoms with Crippen LogP contribution in [0.3, 0.4) is 0 Å². The SMILES string of the molecule is COC(=O)Cc1ccc(OCC2CCN(C(=O)OC(C)(C)C)CC2)c(C=O)c1. The van der Waals surface area contributed by atoms with Crippen molar-refractivity contribution in [3.8, 4) is 5.75 Å². The van der Waals surface area contributed by atoms with Crippen molar-refractivity contribution in [1.82, 2.24) is 4.90 Å². The maximum Gasteiger partial charge on any atom is 0.410 e. The van der Waals surface area contributed by atoms with Crippen LogP contribution in [0.2, 0.25) is 0 Å². The molecule has 0 aromatic heterocycles. The number of hydrogen-bond acceptors (Lipinski definition) is 6. The molecule has 2 rings (SSSR count). The van der Waals surface area contributed by atoms with Crippen molar-refractivity contribution in [2.45, 2.75) is 45.6 Å². The Kier molecular flexibility index (Phi) is 7.43. The molecule has 0 aliphatic carbocycles. The fourth-order valence-corrected chi connectivity index (χ4v) is 2.99. The van der Waals surface area contributed by atoms with E-state index in [0.717, 1.165) is 19.1 Å².